The van der Waals surface area contributed by atoms with E-state index in [0.717, 1.165) is 18.8 Å². The fourth-order valence-electron chi connectivity index (χ4n) is 3.23. The van der Waals surface area contributed by atoms with Gasteiger partial charge in [0.2, 0.25) is 0 Å². The highest BCUT2D eigenvalue weighted by Gasteiger charge is 2.18. The molecule has 3 aromatic rings. The van der Waals surface area contributed by atoms with Crippen molar-refractivity contribution in [2.75, 3.05) is 30.4 Å². The number of amides is 1. The molecule has 1 fully saturated rings. The molecule has 0 unspecified atom stereocenters. The van der Waals surface area contributed by atoms with Crippen LogP contribution in [0.4, 0.5) is 11.4 Å². The minimum atomic E-state index is -3.62. The van der Waals surface area contributed by atoms with Crippen LogP contribution in [0, 0.1) is 0 Å². The van der Waals surface area contributed by atoms with Crippen LogP contribution < -0.4 is 14.9 Å². The van der Waals surface area contributed by atoms with Gasteiger partial charge in [0, 0.05) is 25.0 Å². The first-order chi connectivity index (χ1) is 13.5. The van der Waals surface area contributed by atoms with Crippen molar-refractivity contribution in [2.24, 2.45) is 0 Å². The van der Waals surface area contributed by atoms with Crippen LogP contribution in [0.2, 0.25) is 0 Å². The van der Waals surface area contributed by atoms with Crippen LogP contribution in [-0.2, 0) is 10.0 Å². The van der Waals surface area contributed by atoms with Gasteiger partial charge in [0.05, 0.1) is 29.2 Å². The van der Waals surface area contributed by atoms with Crippen LogP contribution in [0.15, 0.2) is 47.9 Å². The van der Waals surface area contributed by atoms with Gasteiger partial charge in [0.25, 0.3) is 15.9 Å². The molecule has 4 heterocycles. The van der Waals surface area contributed by atoms with Crippen molar-refractivity contribution in [3.63, 3.8) is 0 Å². The maximum atomic E-state index is 12.7. The zero-order valence-corrected chi connectivity index (χ0v) is 16.1. The monoisotopic (exact) mass is 400 g/mol. The summed E-state index contributed by atoms with van der Waals surface area (Å²) in [5.41, 5.74) is 2.62. The first kappa shape index (κ1) is 18.4. The van der Waals surface area contributed by atoms with Gasteiger partial charge in [-0.25, -0.2) is 22.6 Å². The summed E-state index contributed by atoms with van der Waals surface area (Å²) >= 11 is 0. The lowest BCUT2D eigenvalue weighted by Gasteiger charge is -2.17. The number of sulfonamides is 1. The molecule has 1 saturated heterocycles. The topological polar surface area (TPSA) is 109 Å². The number of pyridine rings is 2. The summed E-state index contributed by atoms with van der Waals surface area (Å²) in [6, 6.07) is 6.80. The summed E-state index contributed by atoms with van der Waals surface area (Å²) in [6.07, 6.45) is 7.02. The predicted octanol–water partition coefficient (Wildman–Crippen LogP) is 1.49. The Morgan fingerprint density at radius 2 is 1.93 bits per heavy atom. The van der Waals surface area contributed by atoms with E-state index in [1.54, 1.807) is 4.52 Å². The highest BCUT2D eigenvalue weighted by molar-refractivity contribution is 7.89. The van der Waals surface area contributed by atoms with Crippen molar-refractivity contribution in [2.45, 2.75) is 17.9 Å². The molecule has 0 radical (unpaired) electrons. The summed E-state index contributed by atoms with van der Waals surface area (Å²) in [5.74, 6) is -0.334. The van der Waals surface area contributed by atoms with Gasteiger partial charge < -0.3 is 10.2 Å². The van der Waals surface area contributed by atoms with Crippen molar-refractivity contribution in [1.29, 1.82) is 0 Å². The van der Waals surface area contributed by atoms with Crippen molar-refractivity contribution in [3.05, 3.63) is 48.4 Å². The van der Waals surface area contributed by atoms with E-state index < -0.39 is 10.0 Å². The number of nitrogens with zero attached hydrogens (tertiary/aromatic N) is 4. The average Bonchev–Trinajstić information content (AvgIpc) is 3.37. The number of rotatable bonds is 5. The molecular formula is C18H20N6O3S. The van der Waals surface area contributed by atoms with Gasteiger partial charge >= 0.3 is 0 Å². The van der Waals surface area contributed by atoms with Crippen molar-refractivity contribution >= 4 is 32.8 Å². The second-order valence-electron chi connectivity index (χ2n) is 6.51. The molecule has 0 atom stereocenters. The molecule has 146 valence electrons. The number of aromatic nitrogens is 3. The Bertz CT molecular complexity index is 1120. The summed E-state index contributed by atoms with van der Waals surface area (Å²) in [4.78, 5) is 18.9. The maximum absolute atomic E-state index is 12.7. The molecule has 4 rings (SSSR count). The van der Waals surface area contributed by atoms with E-state index >= 15 is 0 Å². The lowest BCUT2D eigenvalue weighted by Crippen LogP contribution is -2.20. The fraction of sp³-hybridized carbons (Fsp3) is 0.278. The molecule has 1 aliphatic rings. The summed E-state index contributed by atoms with van der Waals surface area (Å²) < 4.78 is 27.3. The van der Waals surface area contributed by atoms with E-state index in [0.29, 0.717) is 16.8 Å². The normalized spacial score (nSPS) is 14.5. The zero-order valence-electron chi connectivity index (χ0n) is 15.3. The van der Waals surface area contributed by atoms with Crippen molar-refractivity contribution < 1.29 is 13.2 Å². The Morgan fingerprint density at radius 1 is 1.14 bits per heavy atom. The SMILES string of the molecule is CNS(=O)(=O)c1ccc(NC(=O)c2cnn3ccc(N4CCCC4)cc23)cn1. The number of hydrogen-bond donors (Lipinski definition) is 2. The minimum absolute atomic E-state index is 0.112. The highest BCUT2D eigenvalue weighted by Crippen LogP contribution is 2.23. The Labute approximate surface area is 162 Å². The van der Waals surface area contributed by atoms with Crippen molar-refractivity contribution in [3.8, 4) is 0 Å². The Morgan fingerprint density at radius 3 is 2.61 bits per heavy atom. The number of carbonyl (C=O) groups is 1. The largest absolute Gasteiger partial charge is 0.371 e. The lowest BCUT2D eigenvalue weighted by atomic mass is 10.2. The maximum Gasteiger partial charge on any atom is 0.259 e. The zero-order chi connectivity index (χ0) is 19.7. The number of anilines is 2. The molecule has 3 aromatic heterocycles. The standard InChI is InChI=1S/C18H20N6O3S/c1-19-28(26,27)17-5-4-13(11-20-17)22-18(25)15-12-21-24-9-6-14(10-16(15)24)23-7-2-3-8-23/h4-6,9-12,19H,2-3,7-8H2,1H3,(H,22,25). The second-order valence-corrected chi connectivity index (χ2v) is 8.35. The van der Waals surface area contributed by atoms with Gasteiger partial charge in [0.1, 0.15) is 0 Å². The third-order valence-corrected chi connectivity index (χ3v) is 6.09. The van der Waals surface area contributed by atoms with Crippen LogP contribution in [0.1, 0.15) is 23.2 Å². The van der Waals surface area contributed by atoms with Gasteiger partial charge in [0.15, 0.2) is 5.03 Å². The first-order valence-electron chi connectivity index (χ1n) is 8.91. The van der Waals surface area contributed by atoms with Gasteiger partial charge in [-0.05, 0) is 44.2 Å². The van der Waals surface area contributed by atoms with E-state index in [-0.39, 0.29) is 10.9 Å². The van der Waals surface area contributed by atoms with Gasteiger partial charge in [-0.3, -0.25) is 4.79 Å². The highest BCUT2D eigenvalue weighted by atomic mass is 32.2. The Balaban J connectivity index is 1.57. The number of fused-ring (bicyclic) bond motifs is 1. The average molecular weight is 400 g/mol. The van der Waals surface area contributed by atoms with E-state index in [2.05, 4.69) is 25.0 Å². The van der Waals surface area contributed by atoms with Gasteiger partial charge in [-0.1, -0.05) is 0 Å². The third kappa shape index (κ3) is 3.43. The number of nitrogens with one attached hydrogen (secondary N) is 2. The van der Waals surface area contributed by atoms with E-state index in [1.807, 2.05) is 18.3 Å². The molecule has 0 saturated carbocycles. The van der Waals surface area contributed by atoms with E-state index in [1.165, 1.54) is 44.4 Å². The molecule has 1 amide bonds. The molecule has 0 spiro atoms. The second kappa shape index (κ2) is 7.21. The van der Waals surface area contributed by atoms with Crippen LogP contribution in [-0.4, -0.2) is 49.1 Å². The third-order valence-electron chi connectivity index (χ3n) is 4.76. The Hall–Kier alpha value is -2.98. The van der Waals surface area contributed by atoms with Gasteiger partial charge in [-0.2, -0.15) is 5.10 Å². The minimum Gasteiger partial charge on any atom is -0.371 e. The van der Waals surface area contributed by atoms with Crippen LogP contribution in [0.5, 0.6) is 0 Å². The molecule has 1 aliphatic heterocycles. The van der Waals surface area contributed by atoms with Gasteiger partial charge in [-0.15, -0.1) is 0 Å². The molecule has 10 heteroatoms. The Kier molecular flexibility index (Phi) is 4.73. The van der Waals surface area contributed by atoms with Crippen LogP contribution >= 0.6 is 0 Å². The number of hydrogen-bond acceptors (Lipinski definition) is 6. The molecule has 0 aliphatic carbocycles. The van der Waals surface area contributed by atoms with Crippen LogP contribution in [0.3, 0.4) is 0 Å². The number of carbonyl (C=O) groups excluding carboxylic acids is 1. The summed E-state index contributed by atoms with van der Waals surface area (Å²) in [6.45, 7) is 2.03. The summed E-state index contributed by atoms with van der Waals surface area (Å²) in [5, 5.41) is 6.87. The molecular weight excluding hydrogens is 380 g/mol. The molecule has 0 aromatic carbocycles. The quantitative estimate of drug-likeness (QED) is 0.672. The van der Waals surface area contributed by atoms with Crippen LogP contribution in [0.25, 0.3) is 5.52 Å². The van der Waals surface area contributed by atoms with Crippen molar-refractivity contribution in [1.82, 2.24) is 19.3 Å². The van der Waals surface area contributed by atoms with E-state index in [4.69, 9.17) is 0 Å². The molecule has 9 nitrogen and oxygen atoms in total. The first-order valence-corrected chi connectivity index (χ1v) is 10.4. The lowest BCUT2D eigenvalue weighted by molar-refractivity contribution is 0.102. The molecule has 28 heavy (non-hydrogen) atoms. The fourth-order valence-corrected chi connectivity index (χ4v) is 3.88. The molecule has 2 N–H and O–H groups in total. The predicted molar refractivity (Wildman–Crippen MR) is 105 cm³/mol. The summed E-state index contributed by atoms with van der Waals surface area (Å²) in [7, 11) is -2.31. The van der Waals surface area contributed by atoms with E-state index in [9.17, 15) is 13.2 Å². The molecule has 0 bridgehead atoms. The smallest absolute Gasteiger partial charge is 0.259 e.